The van der Waals surface area contributed by atoms with Gasteiger partial charge >= 0.3 is 0 Å². The molecule has 0 unspecified atom stereocenters. The van der Waals surface area contributed by atoms with E-state index in [0.717, 1.165) is 25.6 Å². The lowest BCUT2D eigenvalue weighted by molar-refractivity contribution is 0.0955. The number of piperidine rings is 1. The Kier molecular flexibility index (Phi) is 9.16. The van der Waals surface area contributed by atoms with Crippen LogP contribution in [-0.4, -0.2) is 51.4 Å². The van der Waals surface area contributed by atoms with E-state index in [1.807, 2.05) is 24.3 Å². The average molecular weight is 502 g/mol. The van der Waals surface area contributed by atoms with E-state index in [1.54, 1.807) is 33.5 Å². The predicted molar refractivity (Wildman–Crippen MR) is 146 cm³/mol. The third-order valence-corrected chi connectivity index (χ3v) is 6.76. The summed E-state index contributed by atoms with van der Waals surface area (Å²) in [5, 5.41) is 4.09. The van der Waals surface area contributed by atoms with Gasteiger partial charge in [-0.15, -0.1) is 0 Å². The van der Waals surface area contributed by atoms with Gasteiger partial charge in [0.1, 0.15) is 0 Å². The lowest BCUT2D eigenvalue weighted by atomic mass is 9.90. The first-order chi connectivity index (χ1) is 18.1. The quantitative estimate of drug-likeness (QED) is 0.315. The summed E-state index contributed by atoms with van der Waals surface area (Å²) in [4.78, 5) is 15.1. The van der Waals surface area contributed by atoms with Crippen LogP contribution < -0.4 is 19.6 Å². The summed E-state index contributed by atoms with van der Waals surface area (Å²) >= 11 is 0. The van der Waals surface area contributed by atoms with Crippen LogP contribution in [0.3, 0.4) is 0 Å². The van der Waals surface area contributed by atoms with E-state index in [0.29, 0.717) is 28.4 Å². The lowest BCUT2D eigenvalue weighted by Crippen LogP contribution is -2.33. The molecule has 3 aromatic carbocycles. The Morgan fingerprint density at radius 3 is 2.16 bits per heavy atom. The van der Waals surface area contributed by atoms with Gasteiger partial charge in [0, 0.05) is 17.7 Å². The van der Waals surface area contributed by atoms with Gasteiger partial charge in [-0.25, -0.2) is 5.43 Å². The second-order valence-corrected chi connectivity index (χ2v) is 9.26. The SMILES string of the molecule is COc1cc(/C=N\NC(=O)c2ccc(CN3CCC(Cc4ccccc4)CC3)cc2)cc(OC)c1OC. The number of rotatable bonds is 10. The number of methoxy groups -OCH3 is 3. The molecule has 194 valence electrons. The third kappa shape index (κ3) is 7.11. The minimum absolute atomic E-state index is 0.267. The van der Waals surface area contributed by atoms with Crippen molar-refractivity contribution < 1.29 is 19.0 Å². The minimum atomic E-state index is -0.267. The largest absolute Gasteiger partial charge is 0.493 e. The number of carbonyl (C=O) groups is 1. The predicted octanol–water partition coefficient (Wildman–Crippen LogP) is 4.93. The van der Waals surface area contributed by atoms with Crippen LogP contribution in [-0.2, 0) is 13.0 Å². The van der Waals surface area contributed by atoms with Crippen molar-refractivity contribution in [1.29, 1.82) is 0 Å². The second kappa shape index (κ2) is 12.9. The third-order valence-electron chi connectivity index (χ3n) is 6.76. The van der Waals surface area contributed by atoms with E-state index in [-0.39, 0.29) is 5.91 Å². The molecule has 1 heterocycles. The Balaban J connectivity index is 1.26. The number of carbonyl (C=O) groups excluding carboxylic acids is 1. The number of nitrogens with one attached hydrogen (secondary N) is 1. The molecule has 7 heteroatoms. The van der Waals surface area contributed by atoms with Gasteiger partial charge in [0.25, 0.3) is 5.91 Å². The fourth-order valence-corrected chi connectivity index (χ4v) is 4.72. The summed E-state index contributed by atoms with van der Waals surface area (Å²) in [5.74, 6) is 2.03. The molecule has 1 amide bonds. The second-order valence-electron chi connectivity index (χ2n) is 9.26. The summed E-state index contributed by atoms with van der Waals surface area (Å²) in [5.41, 5.74) is 6.49. The van der Waals surface area contributed by atoms with Crippen molar-refractivity contribution >= 4 is 12.1 Å². The highest BCUT2D eigenvalue weighted by Crippen LogP contribution is 2.37. The molecule has 0 radical (unpaired) electrons. The van der Waals surface area contributed by atoms with E-state index in [1.165, 1.54) is 36.6 Å². The summed E-state index contributed by atoms with van der Waals surface area (Å²) in [6, 6.07) is 22.0. The molecule has 1 N–H and O–H groups in total. The molecule has 0 bridgehead atoms. The number of hydrazone groups is 1. The zero-order valence-corrected chi connectivity index (χ0v) is 21.8. The van der Waals surface area contributed by atoms with Gasteiger partial charge in [0.05, 0.1) is 27.5 Å². The molecule has 0 atom stereocenters. The Morgan fingerprint density at radius 2 is 1.57 bits per heavy atom. The highest BCUT2D eigenvalue weighted by Gasteiger charge is 2.19. The number of hydrogen-bond acceptors (Lipinski definition) is 6. The molecule has 0 saturated carbocycles. The Morgan fingerprint density at radius 1 is 0.919 bits per heavy atom. The van der Waals surface area contributed by atoms with Crippen molar-refractivity contribution in [3.63, 3.8) is 0 Å². The maximum Gasteiger partial charge on any atom is 0.271 e. The zero-order chi connectivity index (χ0) is 26.0. The van der Waals surface area contributed by atoms with Crippen LogP contribution in [0.15, 0.2) is 71.8 Å². The van der Waals surface area contributed by atoms with E-state index in [4.69, 9.17) is 14.2 Å². The van der Waals surface area contributed by atoms with E-state index < -0.39 is 0 Å². The van der Waals surface area contributed by atoms with Gasteiger partial charge < -0.3 is 14.2 Å². The summed E-state index contributed by atoms with van der Waals surface area (Å²) in [6.07, 6.45) is 5.15. The average Bonchev–Trinajstić information content (AvgIpc) is 2.94. The molecule has 37 heavy (non-hydrogen) atoms. The van der Waals surface area contributed by atoms with Crippen LogP contribution >= 0.6 is 0 Å². The van der Waals surface area contributed by atoms with Gasteiger partial charge in [-0.3, -0.25) is 9.69 Å². The summed E-state index contributed by atoms with van der Waals surface area (Å²) in [6.45, 7) is 3.12. The van der Waals surface area contributed by atoms with Crippen molar-refractivity contribution in [2.75, 3.05) is 34.4 Å². The Labute approximate surface area is 219 Å². The number of nitrogens with zero attached hydrogens (tertiary/aromatic N) is 2. The van der Waals surface area contributed by atoms with E-state index >= 15 is 0 Å². The molecule has 7 nitrogen and oxygen atoms in total. The highest BCUT2D eigenvalue weighted by molar-refractivity contribution is 5.95. The van der Waals surface area contributed by atoms with Crippen LogP contribution in [0.2, 0.25) is 0 Å². The molecule has 1 fully saturated rings. The molecule has 0 spiro atoms. The molecule has 3 aromatic rings. The van der Waals surface area contributed by atoms with Crippen molar-refractivity contribution in [3.8, 4) is 17.2 Å². The maximum absolute atomic E-state index is 12.6. The van der Waals surface area contributed by atoms with Crippen molar-refractivity contribution in [1.82, 2.24) is 10.3 Å². The van der Waals surface area contributed by atoms with Crippen LogP contribution in [0.5, 0.6) is 17.2 Å². The molecule has 4 rings (SSSR count). The fraction of sp³-hybridized carbons (Fsp3) is 0.333. The van der Waals surface area contributed by atoms with Crippen LogP contribution in [0.25, 0.3) is 0 Å². The molecule has 1 saturated heterocycles. The summed E-state index contributed by atoms with van der Waals surface area (Å²) in [7, 11) is 4.66. The van der Waals surface area contributed by atoms with Crippen molar-refractivity contribution in [2.45, 2.75) is 25.8 Å². The molecule has 0 aliphatic carbocycles. The molecule has 0 aromatic heterocycles. The molecular weight excluding hydrogens is 466 g/mol. The first-order valence-electron chi connectivity index (χ1n) is 12.6. The van der Waals surface area contributed by atoms with E-state index in [2.05, 4.69) is 45.8 Å². The minimum Gasteiger partial charge on any atom is -0.493 e. The molecule has 1 aliphatic rings. The normalized spacial score (nSPS) is 14.5. The smallest absolute Gasteiger partial charge is 0.271 e. The zero-order valence-electron chi connectivity index (χ0n) is 21.8. The number of hydrogen-bond donors (Lipinski definition) is 1. The highest BCUT2D eigenvalue weighted by atomic mass is 16.5. The number of amides is 1. The van der Waals surface area contributed by atoms with Gasteiger partial charge in [-0.05, 0) is 73.7 Å². The number of benzene rings is 3. The molecule has 1 aliphatic heterocycles. The lowest BCUT2D eigenvalue weighted by Gasteiger charge is -2.32. The van der Waals surface area contributed by atoms with Crippen LogP contribution in [0, 0.1) is 5.92 Å². The first kappa shape index (κ1) is 26.2. The molecular formula is C30H35N3O4. The van der Waals surface area contributed by atoms with Gasteiger partial charge in [0.15, 0.2) is 11.5 Å². The topological polar surface area (TPSA) is 72.4 Å². The van der Waals surface area contributed by atoms with Gasteiger partial charge in [-0.2, -0.15) is 5.10 Å². The van der Waals surface area contributed by atoms with Crippen molar-refractivity contribution in [2.24, 2.45) is 11.0 Å². The van der Waals surface area contributed by atoms with Crippen LogP contribution in [0.1, 0.15) is 39.9 Å². The number of ether oxygens (including phenoxy) is 3. The maximum atomic E-state index is 12.6. The monoisotopic (exact) mass is 501 g/mol. The summed E-state index contributed by atoms with van der Waals surface area (Å²) < 4.78 is 16.0. The Bertz CT molecular complexity index is 1160. The first-order valence-corrected chi connectivity index (χ1v) is 12.6. The van der Waals surface area contributed by atoms with Crippen molar-refractivity contribution in [3.05, 3.63) is 89.0 Å². The van der Waals surface area contributed by atoms with Crippen LogP contribution in [0.4, 0.5) is 0 Å². The van der Waals surface area contributed by atoms with Gasteiger partial charge in [-0.1, -0.05) is 42.5 Å². The standard InChI is InChI=1S/C30H35N3O4/c1-35-27-18-25(19-28(36-2)29(27)37-3)20-31-32-30(34)26-11-9-24(10-12-26)21-33-15-13-23(14-16-33)17-22-7-5-4-6-8-22/h4-12,18-20,23H,13-17,21H2,1-3H3,(H,32,34)/b31-20-. The fourth-order valence-electron chi connectivity index (χ4n) is 4.72. The van der Waals surface area contributed by atoms with Gasteiger partial charge in [0.2, 0.25) is 5.75 Å². The number of likely N-dealkylation sites (tertiary alicyclic amines) is 1. The van der Waals surface area contributed by atoms with E-state index in [9.17, 15) is 4.79 Å². The Hall–Kier alpha value is -3.84.